The Kier molecular flexibility index (Phi) is 9.54. The normalized spacial score (nSPS) is 11.5. The van der Waals surface area contributed by atoms with Crippen LogP contribution in [0.5, 0.6) is 0 Å². The molecule has 0 aliphatic heterocycles. The first-order chi connectivity index (χ1) is 26.2. The molecule has 2 heterocycles. The summed E-state index contributed by atoms with van der Waals surface area (Å²) in [6.45, 7) is 2.08. The van der Waals surface area contributed by atoms with Gasteiger partial charge in [-0.3, -0.25) is 0 Å². The number of furan rings is 1. The number of rotatable bonds is 7. The lowest BCUT2D eigenvalue weighted by Crippen LogP contribution is -1.98. The summed E-state index contributed by atoms with van der Waals surface area (Å²) in [6.07, 6.45) is 9.70. The van der Waals surface area contributed by atoms with E-state index in [2.05, 4.69) is 175 Å². The maximum atomic E-state index is 6.70. The molecular formula is C50H40N2O. The predicted molar refractivity (Wildman–Crippen MR) is 226 cm³/mol. The molecule has 3 nitrogen and oxygen atoms in total. The van der Waals surface area contributed by atoms with Crippen molar-refractivity contribution in [2.24, 2.45) is 0 Å². The minimum absolute atomic E-state index is 0.822. The highest BCUT2D eigenvalue weighted by atomic mass is 16.3. The van der Waals surface area contributed by atoms with Crippen LogP contribution in [0.2, 0.25) is 0 Å². The van der Waals surface area contributed by atoms with Crippen molar-refractivity contribution in [2.45, 2.75) is 13.3 Å². The van der Waals surface area contributed by atoms with Crippen molar-refractivity contribution in [1.82, 2.24) is 4.57 Å². The molecule has 0 aliphatic carbocycles. The fourth-order valence-electron chi connectivity index (χ4n) is 7.10. The van der Waals surface area contributed by atoms with E-state index in [1.807, 2.05) is 36.4 Å². The summed E-state index contributed by atoms with van der Waals surface area (Å²) < 4.78 is 9.07. The van der Waals surface area contributed by atoms with Gasteiger partial charge in [0.25, 0.3) is 0 Å². The van der Waals surface area contributed by atoms with Crippen molar-refractivity contribution in [3.8, 4) is 16.8 Å². The van der Waals surface area contributed by atoms with E-state index in [9.17, 15) is 0 Å². The Morgan fingerprint density at radius 3 is 1.83 bits per heavy atom. The maximum Gasteiger partial charge on any atom is 0.143 e. The number of nitrogen functional groups attached to an aromatic ring is 1. The van der Waals surface area contributed by atoms with E-state index in [4.69, 9.17) is 10.2 Å². The predicted octanol–water partition coefficient (Wildman–Crippen LogP) is 13.3. The first-order valence-electron chi connectivity index (χ1n) is 18.1. The molecule has 0 saturated carbocycles. The second-order valence-corrected chi connectivity index (χ2v) is 13.1. The number of allylic oxidation sites excluding steroid dienone is 1. The molecule has 0 spiro atoms. The van der Waals surface area contributed by atoms with Crippen LogP contribution in [0.25, 0.3) is 67.9 Å². The minimum atomic E-state index is 0.822. The third-order valence-corrected chi connectivity index (χ3v) is 9.59. The van der Waals surface area contributed by atoms with Crippen molar-refractivity contribution in [1.29, 1.82) is 0 Å². The number of benzene rings is 7. The summed E-state index contributed by atoms with van der Waals surface area (Å²) in [5.41, 5.74) is 18.6. The van der Waals surface area contributed by atoms with Crippen LogP contribution in [0, 0.1) is 0 Å². The molecule has 2 N–H and O–H groups in total. The van der Waals surface area contributed by atoms with Gasteiger partial charge >= 0.3 is 0 Å². The van der Waals surface area contributed by atoms with Crippen LogP contribution in [0.15, 0.2) is 186 Å². The molecule has 0 fully saturated rings. The van der Waals surface area contributed by atoms with E-state index in [1.165, 1.54) is 27.6 Å². The highest BCUT2D eigenvalue weighted by Crippen LogP contribution is 2.38. The summed E-state index contributed by atoms with van der Waals surface area (Å²) in [6, 6.07) is 61.1. The van der Waals surface area contributed by atoms with E-state index in [0.29, 0.717) is 0 Å². The van der Waals surface area contributed by atoms with Crippen LogP contribution in [-0.4, -0.2) is 4.57 Å². The zero-order valence-electron chi connectivity index (χ0n) is 29.7. The van der Waals surface area contributed by atoms with Gasteiger partial charge in [-0.15, -0.1) is 0 Å². The maximum absolute atomic E-state index is 6.70. The van der Waals surface area contributed by atoms with Gasteiger partial charge < -0.3 is 14.7 Å². The van der Waals surface area contributed by atoms with E-state index in [1.54, 1.807) is 0 Å². The van der Waals surface area contributed by atoms with Crippen molar-refractivity contribution >= 4 is 56.8 Å². The summed E-state index contributed by atoms with van der Waals surface area (Å²) in [5, 5.41) is 3.48. The number of aromatic nitrogens is 1. The summed E-state index contributed by atoms with van der Waals surface area (Å²) in [4.78, 5) is 0. The molecule has 9 aromatic rings. The third-order valence-electron chi connectivity index (χ3n) is 9.59. The van der Waals surface area contributed by atoms with Crippen LogP contribution in [0.4, 0.5) is 5.69 Å². The highest BCUT2D eigenvalue weighted by Gasteiger charge is 2.17. The Balaban J connectivity index is 0.000000515. The van der Waals surface area contributed by atoms with Gasteiger partial charge in [0.1, 0.15) is 11.2 Å². The second kappa shape index (κ2) is 15.2. The molecule has 0 saturated heterocycles. The smallest absolute Gasteiger partial charge is 0.143 e. The second-order valence-electron chi connectivity index (χ2n) is 13.1. The molecule has 0 bridgehead atoms. The van der Waals surface area contributed by atoms with Crippen molar-refractivity contribution in [2.75, 3.05) is 5.73 Å². The lowest BCUT2D eigenvalue weighted by atomic mass is 10.0. The van der Waals surface area contributed by atoms with Gasteiger partial charge in [-0.05, 0) is 72.5 Å². The Bertz CT molecular complexity index is 2680. The Labute approximate surface area is 310 Å². The van der Waals surface area contributed by atoms with Gasteiger partial charge in [-0.25, -0.2) is 0 Å². The van der Waals surface area contributed by atoms with Gasteiger partial charge in [0.2, 0.25) is 0 Å². The van der Waals surface area contributed by atoms with Gasteiger partial charge in [0, 0.05) is 44.2 Å². The zero-order valence-corrected chi connectivity index (χ0v) is 29.7. The monoisotopic (exact) mass is 684 g/mol. The fourth-order valence-corrected chi connectivity index (χ4v) is 7.10. The zero-order chi connectivity index (χ0) is 36.0. The van der Waals surface area contributed by atoms with E-state index in [0.717, 1.165) is 62.1 Å². The number of fused-ring (bicyclic) bond motifs is 4. The molecule has 7 aromatic carbocycles. The van der Waals surface area contributed by atoms with E-state index in [-0.39, 0.29) is 0 Å². The van der Waals surface area contributed by atoms with Crippen molar-refractivity contribution in [3.63, 3.8) is 0 Å². The average molecular weight is 685 g/mol. The van der Waals surface area contributed by atoms with Crippen LogP contribution in [0.1, 0.15) is 34.9 Å². The number of para-hydroxylation sites is 4. The molecule has 9 rings (SSSR count). The van der Waals surface area contributed by atoms with E-state index >= 15 is 0 Å². The fraction of sp³-hybridized carbons (Fsp3) is 0.0400. The Morgan fingerprint density at radius 2 is 1.13 bits per heavy atom. The Morgan fingerprint density at radius 1 is 0.528 bits per heavy atom. The van der Waals surface area contributed by atoms with Crippen LogP contribution in [-0.2, 0) is 6.42 Å². The van der Waals surface area contributed by atoms with Crippen LogP contribution < -0.4 is 5.73 Å². The minimum Gasteiger partial charge on any atom is -0.455 e. The quantitative estimate of drug-likeness (QED) is 0.170. The van der Waals surface area contributed by atoms with Gasteiger partial charge in [-0.1, -0.05) is 158 Å². The van der Waals surface area contributed by atoms with E-state index < -0.39 is 0 Å². The summed E-state index contributed by atoms with van der Waals surface area (Å²) >= 11 is 0. The molecular weight excluding hydrogens is 645 g/mol. The van der Waals surface area contributed by atoms with Gasteiger partial charge in [-0.2, -0.15) is 0 Å². The number of nitrogens with zero attached hydrogens (tertiary/aromatic N) is 1. The number of anilines is 1. The molecule has 0 aliphatic rings. The Hall–Kier alpha value is -6.84. The molecule has 0 unspecified atom stereocenters. The molecule has 0 radical (unpaired) electrons. The standard InChI is InChI=1S/C44H33NO.C6H7N/c1-2-13-37-38-19-9-10-23-41(38)45(35-27-24-32(25-28-35)30-31-14-5-3-6-15-31)42(37)29-26-34-18-11-21-39-40-22-12-20-36(44(40)46-43(34)39)33-16-7-4-8-17-33;7-6-4-2-1-3-5-6/h2-29H,30H2,1H3;1-5H,7H2/b13-2-,29-26+;. The topological polar surface area (TPSA) is 44.1 Å². The molecule has 2 aromatic heterocycles. The number of hydrogen-bond acceptors (Lipinski definition) is 2. The SMILES string of the molecule is C/C=C\c1c(/C=C/c2cccc3c2oc2c(-c4ccccc4)cccc23)n(-c2ccc(Cc3ccccc3)cc2)c2ccccc12.Nc1ccccc1. The van der Waals surface area contributed by atoms with Crippen LogP contribution in [0.3, 0.4) is 0 Å². The lowest BCUT2D eigenvalue weighted by Gasteiger charge is -2.11. The van der Waals surface area contributed by atoms with Crippen molar-refractivity contribution in [3.05, 3.63) is 210 Å². The largest absolute Gasteiger partial charge is 0.455 e. The number of nitrogens with two attached hydrogens (primary N) is 1. The summed E-state index contributed by atoms with van der Waals surface area (Å²) in [5.74, 6) is 0. The first kappa shape index (κ1) is 33.3. The molecule has 0 amide bonds. The third kappa shape index (κ3) is 6.93. The molecule has 256 valence electrons. The summed E-state index contributed by atoms with van der Waals surface area (Å²) in [7, 11) is 0. The molecule has 3 heteroatoms. The van der Waals surface area contributed by atoms with Gasteiger partial charge in [0.05, 0.1) is 11.2 Å². The average Bonchev–Trinajstić information content (AvgIpc) is 3.75. The van der Waals surface area contributed by atoms with Crippen molar-refractivity contribution < 1.29 is 4.42 Å². The van der Waals surface area contributed by atoms with Gasteiger partial charge in [0.15, 0.2) is 0 Å². The highest BCUT2D eigenvalue weighted by molar-refractivity contribution is 6.11. The molecule has 53 heavy (non-hydrogen) atoms. The molecule has 0 atom stereocenters. The lowest BCUT2D eigenvalue weighted by molar-refractivity contribution is 0.669. The number of hydrogen-bond donors (Lipinski definition) is 1. The van der Waals surface area contributed by atoms with Crippen LogP contribution >= 0.6 is 0 Å². The first-order valence-corrected chi connectivity index (χ1v) is 18.1.